The van der Waals surface area contributed by atoms with Crippen molar-refractivity contribution in [3.05, 3.63) is 70.3 Å². The van der Waals surface area contributed by atoms with Gasteiger partial charge in [-0.05, 0) is 42.0 Å². The first-order valence-electron chi connectivity index (χ1n) is 8.75. The summed E-state index contributed by atoms with van der Waals surface area (Å²) in [6.45, 7) is 2.12. The molecule has 0 spiro atoms. The van der Waals surface area contributed by atoms with Crippen molar-refractivity contribution in [1.82, 2.24) is 14.5 Å². The number of benzene rings is 1. The van der Waals surface area contributed by atoms with Crippen molar-refractivity contribution in [2.75, 3.05) is 13.1 Å². The molecule has 5 rings (SSSR count). The van der Waals surface area contributed by atoms with Crippen molar-refractivity contribution in [3.63, 3.8) is 0 Å². The van der Waals surface area contributed by atoms with E-state index in [1.54, 1.807) is 6.07 Å². The van der Waals surface area contributed by atoms with E-state index in [4.69, 9.17) is 0 Å². The normalized spacial score (nSPS) is 22.0. The third-order valence-corrected chi connectivity index (χ3v) is 5.57. The minimum absolute atomic E-state index is 0.0733. The second-order valence-corrected chi connectivity index (χ2v) is 7.19. The molecule has 1 saturated heterocycles. The smallest absolute Gasteiger partial charge is 0.253 e. The lowest BCUT2D eigenvalue weighted by Gasteiger charge is -2.42. The van der Waals surface area contributed by atoms with Crippen LogP contribution in [0.2, 0.25) is 0 Å². The Morgan fingerprint density at radius 3 is 2.92 bits per heavy atom. The summed E-state index contributed by atoms with van der Waals surface area (Å²) in [6.07, 6.45) is 2.95. The van der Waals surface area contributed by atoms with Crippen LogP contribution in [0, 0.1) is 5.92 Å². The van der Waals surface area contributed by atoms with Gasteiger partial charge in [0.1, 0.15) is 0 Å². The number of carbonyl (C=O) groups excluding carboxylic acids is 1. The molecule has 0 saturated carbocycles. The van der Waals surface area contributed by atoms with Crippen molar-refractivity contribution >= 4 is 16.8 Å². The first-order valence-corrected chi connectivity index (χ1v) is 8.75. The van der Waals surface area contributed by atoms with Gasteiger partial charge in [-0.1, -0.05) is 12.1 Å². The zero-order valence-corrected chi connectivity index (χ0v) is 13.8. The van der Waals surface area contributed by atoms with Crippen LogP contribution >= 0.6 is 0 Å². The van der Waals surface area contributed by atoms with Crippen LogP contribution in [0.1, 0.15) is 28.4 Å². The number of hydrogen-bond acceptors (Lipinski definition) is 2. The quantitative estimate of drug-likeness (QED) is 0.744. The molecule has 126 valence electrons. The van der Waals surface area contributed by atoms with Gasteiger partial charge in [0.15, 0.2) is 0 Å². The Morgan fingerprint density at radius 1 is 1.08 bits per heavy atom. The molecule has 5 heteroatoms. The molecular formula is C20H19N3O2. The molecule has 0 aliphatic carbocycles. The van der Waals surface area contributed by atoms with Gasteiger partial charge in [-0.15, -0.1) is 0 Å². The van der Waals surface area contributed by atoms with E-state index in [1.165, 1.54) is 0 Å². The van der Waals surface area contributed by atoms with E-state index < -0.39 is 0 Å². The molecule has 1 fully saturated rings. The number of pyridine rings is 1. The third kappa shape index (κ3) is 2.30. The Labute approximate surface area is 144 Å². The topological polar surface area (TPSA) is 58.1 Å². The standard InChI is InChI=1S/C20H19N3O2/c24-19-3-1-2-18-16-8-13(11-23(18)19)10-22(12-16)20(25)15-5-4-14-6-7-21-17(14)9-15/h1-7,9,13,16,21H,8,10-12H2/t13-,16+/m1/s1. The van der Waals surface area contributed by atoms with Crippen LogP contribution in [0.25, 0.3) is 10.9 Å². The maximum absolute atomic E-state index is 13.0. The van der Waals surface area contributed by atoms with Gasteiger partial charge in [0.2, 0.25) is 0 Å². The van der Waals surface area contributed by atoms with Gasteiger partial charge in [0.25, 0.3) is 11.5 Å². The number of aromatic nitrogens is 2. The van der Waals surface area contributed by atoms with Crippen LogP contribution in [-0.2, 0) is 6.54 Å². The first-order chi connectivity index (χ1) is 12.2. The summed E-state index contributed by atoms with van der Waals surface area (Å²) < 4.78 is 1.89. The highest BCUT2D eigenvalue weighted by molar-refractivity contribution is 5.98. The number of aromatic amines is 1. The molecule has 0 unspecified atom stereocenters. The van der Waals surface area contributed by atoms with Gasteiger partial charge >= 0.3 is 0 Å². The average Bonchev–Trinajstić information content (AvgIpc) is 3.09. The maximum Gasteiger partial charge on any atom is 0.253 e. The summed E-state index contributed by atoms with van der Waals surface area (Å²) in [5.41, 5.74) is 2.85. The minimum atomic E-state index is 0.0733. The molecule has 1 N–H and O–H groups in total. The second-order valence-electron chi connectivity index (χ2n) is 7.19. The highest BCUT2D eigenvalue weighted by Crippen LogP contribution is 2.35. The van der Waals surface area contributed by atoms with Crippen LogP contribution in [0.3, 0.4) is 0 Å². The molecule has 25 heavy (non-hydrogen) atoms. The molecule has 2 aliphatic heterocycles. The molecule has 3 aromatic rings. The molecule has 2 bridgehead atoms. The second kappa shape index (κ2) is 5.34. The van der Waals surface area contributed by atoms with Crippen LogP contribution in [-0.4, -0.2) is 33.4 Å². The Bertz CT molecular complexity index is 1030. The fourth-order valence-electron chi connectivity index (χ4n) is 4.43. The third-order valence-electron chi connectivity index (χ3n) is 5.57. The molecule has 2 aromatic heterocycles. The number of carbonyl (C=O) groups is 1. The van der Waals surface area contributed by atoms with Gasteiger partial charge in [-0.2, -0.15) is 0 Å². The molecule has 0 radical (unpaired) electrons. The van der Waals surface area contributed by atoms with Gasteiger partial charge in [-0.25, -0.2) is 0 Å². The van der Waals surface area contributed by atoms with Crippen LogP contribution in [0.4, 0.5) is 0 Å². The predicted octanol–water partition coefficient (Wildman–Crippen LogP) is 2.59. The van der Waals surface area contributed by atoms with E-state index >= 15 is 0 Å². The lowest BCUT2D eigenvalue weighted by atomic mass is 9.83. The van der Waals surface area contributed by atoms with E-state index in [0.29, 0.717) is 19.0 Å². The van der Waals surface area contributed by atoms with E-state index in [9.17, 15) is 9.59 Å². The number of fused-ring (bicyclic) bond motifs is 5. The van der Waals surface area contributed by atoms with Crippen LogP contribution in [0.5, 0.6) is 0 Å². The van der Waals surface area contributed by atoms with Gasteiger partial charge in [0.05, 0.1) is 0 Å². The number of amides is 1. The number of nitrogens with one attached hydrogen (secondary N) is 1. The van der Waals surface area contributed by atoms with Crippen molar-refractivity contribution in [3.8, 4) is 0 Å². The lowest BCUT2D eigenvalue weighted by Crippen LogP contribution is -2.49. The molecule has 2 aliphatic rings. The Morgan fingerprint density at radius 2 is 2.00 bits per heavy atom. The van der Waals surface area contributed by atoms with Crippen LogP contribution < -0.4 is 5.56 Å². The summed E-state index contributed by atoms with van der Waals surface area (Å²) in [4.78, 5) is 30.3. The van der Waals surface area contributed by atoms with E-state index in [-0.39, 0.29) is 17.4 Å². The maximum atomic E-state index is 13.0. The van der Waals surface area contributed by atoms with Gasteiger partial charge in [0, 0.05) is 54.6 Å². The van der Waals surface area contributed by atoms with Crippen molar-refractivity contribution in [1.29, 1.82) is 0 Å². The van der Waals surface area contributed by atoms with Gasteiger partial charge in [-0.3, -0.25) is 9.59 Å². The largest absolute Gasteiger partial charge is 0.361 e. The molecule has 1 aromatic carbocycles. The summed E-state index contributed by atoms with van der Waals surface area (Å²) in [7, 11) is 0. The number of rotatable bonds is 1. The number of likely N-dealkylation sites (tertiary alicyclic amines) is 1. The Hall–Kier alpha value is -2.82. The van der Waals surface area contributed by atoms with Crippen molar-refractivity contribution in [2.45, 2.75) is 18.9 Å². The molecular weight excluding hydrogens is 314 g/mol. The summed E-state index contributed by atoms with van der Waals surface area (Å²) >= 11 is 0. The lowest BCUT2D eigenvalue weighted by molar-refractivity contribution is 0.0594. The predicted molar refractivity (Wildman–Crippen MR) is 95.8 cm³/mol. The fourth-order valence-corrected chi connectivity index (χ4v) is 4.43. The highest BCUT2D eigenvalue weighted by Gasteiger charge is 2.36. The zero-order chi connectivity index (χ0) is 17.0. The minimum Gasteiger partial charge on any atom is -0.361 e. The van der Waals surface area contributed by atoms with Gasteiger partial charge < -0.3 is 14.5 Å². The molecule has 5 nitrogen and oxygen atoms in total. The SMILES string of the molecule is O=C(c1ccc2cc[nH]c2c1)N1C[C@H]2C[C@@H](C1)c1cccc(=O)n1C2. The molecule has 2 atom stereocenters. The number of nitrogens with zero attached hydrogens (tertiary/aromatic N) is 2. The average molecular weight is 333 g/mol. The number of hydrogen-bond donors (Lipinski definition) is 1. The highest BCUT2D eigenvalue weighted by atomic mass is 16.2. The van der Waals surface area contributed by atoms with Crippen LogP contribution in [0.15, 0.2) is 53.5 Å². The zero-order valence-electron chi connectivity index (χ0n) is 13.8. The monoisotopic (exact) mass is 333 g/mol. The molecule has 1 amide bonds. The summed E-state index contributed by atoms with van der Waals surface area (Å²) in [6, 6.07) is 13.3. The van der Waals surface area contributed by atoms with Crippen molar-refractivity contribution in [2.24, 2.45) is 5.92 Å². The summed E-state index contributed by atoms with van der Waals surface area (Å²) in [5, 5.41) is 1.11. The first kappa shape index (κ1) is 14.5. The summed E-state index contributed by atoms with van der Waals surface area (Å²) in [5.74, 6) is 0.682. The fraction of sp³-hybridized carbons (Fsp3) is 0.300. The number of H-pyrrole nitrogens is 1. The van der Waals surface area contributed by atoms with E-state index in [1.807, 2.05) is 52.1 Å². The number of piperidine rings is 1. The Kier molecular flexibility index (Phi) is 3.10. The van der Waals surface area contributed by atoms with E-state index in [2.05, 4.69) is 4.98 Å². The van der Waals surface area contributed by atoms with Crippen molar-refractivity contribution < 1.29 is 4.79 Å². The molecule has 4 heterocycles. The van der Waals surface area contributed by atoms with E-state index in [0.717, 1.165) is 35.1 Å². The Balaban J connectivity index is 1.46.